The highest BCUT2D eigenvalue weighted by Gasteiger charge is 2.25. The van der Waals surface area contributed by atoms with Gasteiger partial charge in [-0.2, -0.15) is 5.10 Å². The Morgan fingerprint density at radius 3 is 2.65 bits per heavy atom. The van der Waals surface area contributed by atoms with Crippen LogP contribution in [0.25, 0.3) is 11.1 Å². The molecule has 1 saturated heterocycles. The van der Waals surface area contributed by atoms with Crippen LogP contribution < -0.4 is 4.90 Å². The molecule has 0 radical (unpaired) electrons. The zero-order valence-electron chi connectivity index (χ0n) is 14.4. The summed E-state index contributed by atoms with van der Waals surface area (Å²) in [5.41, 5.74) is 1.83. The van der Waals surface area contributed by atoms with Gasteiger partial charge in [-0.15, -0.1) is 5.10 Å². The minimum Gasteiger partial charge on any atom is -0.459 e. The fourth-order valence-electron chi connectivity index (χ4n) is 3.28. The van der Waals surface area contributed by atoms with Gasteiger partial charge in [0, 0.05) is 37.9 Å². The van der Waals surface area contributed by atoms with E-state index < -0.39 is 0 Å². The number of nitrogens with zero attached hydrogens (tertiary/aromatic N) is 4. The van der Waals surface area contributed by atoms with Crippen LogP contribution in [0.4, 0.5) is 5.82 Å². The Hall–Kier alpha value is -3.15. The van der Waals surface area contributed by atoms with Gasteiger partial charge in [-0.05, 0) is 30.2 Å². The molecule has 6 heteroatoms. The van der Waals surface area contributed by atoms with Crippen molar-refractivity contribution in [1.29, 1.82) is 0 Å². The van der Waals surface area contributed by atoms with Crippen LogP contribution in [0.15, 0.2) is 65.4 Å². The molecule has 1 aliphatic rings. The Morgan fingerprint density at radius 2 is 1.85 bits per heavy atom. The molecular weight excluding hydrogens is 328 g/mol. The average Bonchev–Trinajstić information content (AvgIpc) is 3.06. The lowest BCUT2D eigenvalue weighted by atomic mass is 10.1. The fourth-order valence-corrected chi connectivity index (χ4v) is 3.28. The van der Waals surface area contributed by atoms with Crippen LogP contribution in [0.5, 0.6) is 0 Å². The van der Waals surface area contributed by atoms with Gasteiger partial charge in [-0.25, -0.2) is 0 Å². The van der Waals surface area contributed by atoms with Crippen molar-refractivity contribution in [2.45, 2.75) is 6.42 Å². The number of hydrogen-bond acceptors (Lipinski definition) is 5. The highest BCUT2D eigenvalue weighted by atomic mass is 16.3. The first-order valence-electron chi connectivity index (χ1n) is 8.78. The molecule has 0 atom stereocenters. The molecule has 1 aliphatic heterocycles. The Kier molecular flexibility index (Phi) is 4.64. The summed E-state index contributed by atoms with van der Waals surface area (Å²) in [5, 5.41) is 8.11. The number of hydrogen-bond donors (Lipinski definition) is 0. The topological polar surface area (TPSA) is 62.5 Å². The molecule has 0 saturated carbocycles. The Balaban J connectivity index is 1.51. The number of benzene rings is 1. The number of amides is 1. The second-order valence-corrected chi connectivity index (χ2v) is 6.24. The maximum Gasteiger partial charge on any atom is 0.290 e. The SMILES string of the molecule is O=C(c1occc1-c1ccccc1)N1CCCN(c2cccnn2)CC1. The summed E-state index contributed by atoms with van der Waals surface area (Å²) in [6.07, 6.45) is 4.13. The highest BCUT2D eigenvalue weighted by molar-refractivity contribution is 5.98. The van der Waals surface area contributed by atoms with Crippen molar-refractivity contribution in [2.24, 2.45) is 0 Å². The minimum absolute atomic E-state index is 0.0603. The third-order valence-electron chi connectivity index (χ3n) is 4.61. The smallest absolute Gasteiger partial charge is 0.290 e. The normalized spacial score (nSPS) is 14.9. The summed E-state index contributed by atoms with van der Waals surface area (Å²) in [6, 6.07) is 15.5. The molecule has 0 N–H and O–H groups in total. The number of furan rings is 1. The van der Waals surface area contributed by atoms with Gasteiger partial charge < -0.3 is 14.2 Å². The first-order valence-corrected chi connectivity index (χ1v) is 8.78. The number of carbonyl (C=O) groups excluding carboxylic acids is 1. The molecule has 3 heterocycles. The van der Waals surface area contributed by atoms with E-state index in [2.05, 4.69) is 15.1 Å². The summed E-state index contributed by atoms with van der Waals surface area (Å²) < 4.78 is 5.56. The van der Waals surface area contributed by atoms with Crippen molar-refractivity contribution in [3.05, 3.63) is 66.8 Å². The van der Waals surface area contributed by atoms with Crippen LogP contribution in [0, 0.1) is 0 Å². The molecule has 2 aromatic heterocycles. The fraction of sp³-hybridized carbons (Fsp3) is 0.250. The van der Waals surface area contributed by atoms with E-state index in [1.807, 2.05) is 53.4 Å². The van der Waals surface area contributed by atoms with Gasteiger partial charge in [0.25, 0.3) is 5.91 Å². The average molecular weight is 348 g/mol. The van der Waals surface area contributed by atoms with Gasteiger partial charge >= 0.3 is 0 Å². The zero-order chi connectivity index (χ0) is 17.8. The minimum atomic E-state index is -0.0603. The summed E-state index contributed by atoms with van der Waals surface area (Å²) in [7, 11) is 0. The Labute approximate surface area is 152 Å². The third-order valence-corrected chi connectivity index (χ3v) is 4.61. The molecule has 0 unspecified atom stereocenters. The van der Waals surface area contributed by atoms with Crippen molar-refractivity contribution in [3.63, 3.8) is 0 Å². The van der Waals surface area contributed by atoms with Crippen molar-refractivity contribution in [3.8, 4) is 11.1 Å². The van der Waals surface area contributed by atoms with E-state index in [1.54, 1.807) is 12.5 Å². The maximum absolute atomic E-state index is 13.0. The predicted molar refractivity (Wildman–Crippen MR) is 98.9 cm³/mol. The molecule has 3 aromatic rings. The quantitative estimate of drug-likeness (QED) is 0.728. The first-order chi connectivity index (χ1) is 12.8. The number of rotatable bonds is 3. The van der Waals surface area contributed by atoms with Gasteiger partial charge in [-0.1, -0.05) is 30.3 Å². The first kappa shape index (κ1) is 16.3. The second kappa shape index (κ2) is 7.39. The van der Waals surface area contributed by atoms with Gasteiger partial charge in [0.05, 0.1) is 6.26 Å². The lowest BCUT2D eigenvalue weighted by molar-refractivity contribution is 0.0736. The van der Waals surface area contributed by atoms with E-state index in [4.69, 9.17) is 4.42 Å². The van der Waals surface area contributed by atoms with Crippen LogP contribution in [-0.4, -0.2) is 47.2 Å². The van der Waals surface area contributed by atoms with E-state index in [9.17, 15) is 4.79 Å². The maximum atomic E-state index is 13.0. The summed E-state index contributed by atoms with van der Waals surface area (Å²) in [4.78, 5) is 17.1. The summed E-state index contributed by atoms with van der Waals surface area (Å²) >= 11 is 0. The standard InChI is InChI=1S/C20H20N4O2/c25-20(19-17(9-15-26-19)16-6-2-1-3-7-16)24-12-5-11-23(13-14-24)18-8-4-10-21-22-18/h1-4,6-10,15H,5,11-14H2. The lowest BCUT2D eigenvalue weighted by Gasteiger charge is -2.22. The van der Waals surface area contributed by atoms with Crippen molar-refractivity contribution >= 4 is 11.7 Å². The Bertz CT molecular complexity index is 864. The third kappa shape index (κ3) is 3.31. The second-order valence-electron chi connectivity index (χ2n) is 6.24. The van der Waals surface area contributed by atoms with E-state index in [-0.39, 0.29) is 5.91 Å². The van der Waals surface area contributed by atoms with E-state index in [1.165, 1.54) is 0 Å². The number of carbonyl (C=O) groups is 1. The molecule has 1 fully saturated rings. The van der Waals surface area contributed by atoms with Gasteiger partial charge in [-0.3, -0.25) is 4.79 Å². The van der Waals surface area contributed by atoms with Crippen LogP contribution in [-0.2, 0) is 0 Å². The number of aromatic nitrogens is 2. The van der Waals surface area contributed by atoms with Crippen LogP contribution in [0.2, 0.25) is 0 Å². The van der Waals surface area contributed by atoms with Gasteiger partial charge in [0.2, 0.25) is 0 Å². The number of anilines is 1. The molecule has 132 valence electrons. The van der Waals surface area contributed by atoms with Gasteiger partial charge in [0.15, 0.2) is 11.6 Å². The molecule has 26 heavy (non-hydrogen) atoms. The molecule has 1 amide bonds. The van der Waals surface area contributed by atoms with Crippen molar-refractivity contribution < 1.29 is 9.21 Å². The molecule has 0 spiro atoms. The molecule has 4 rings (SSSR count). The van der Waals surface area contributed by atoms with Crippen LogP contribution in [0.3, 0.4) is 0 Å². The largest absolute Gasteiger partial charge is 0.459 e. The van der Waals surface area contributed by atoms with Crippen LogP contribution in [0.1, 0.15) is 17.0 Å². The van der Waals surface area contributed by atoms with Gasteiger partial charge in [0.1, 0.15) is 0 Å². The summed E-state index contributed by atoms with van der Waals surface area (Å²) in [5.74, 6) is 1.20. The van der Waals surface area contributed by atoms with E-state index in [0.29, 0.717) is 18.8 Å². The highest BCUT2D eigenvalue weighted by Crippen LogP contribution is 2.26. The van der Waals surface area contributed by atoms with Crippen molar-refractivity contribution in [1.82, 2.24) is 15.1 Å². The molecule has 6 nitrogen and oxygen atoms in total. The Morgan fingerprint density at radius 1 is 0.962 bits per heavy atom. The van der Waals surface area contributed by atoms with E-state index >= 15 is 0 Å². The lowest BCUT2D eigenvalue weighted by Crippen LogP contribution is -2.35. The molecule has 1 aromatic carbocycles. The van der Waals surface area contributed by atoms with E-state index in [0.717, 1.165) is 36.5 Å². The summed E-state index contributed by atoms with van der Waals surface area (Å²) in [6.45, 7) is 2.91. The van der Waals surface area contributed by atoms with Crippen LogP contribution >= 0.6 is 0 Å². The van der Waals surface area contributed by atoms with Crippen molar-refractivity contribution in [2.75, 3.05) is 31.1 Å². The molecule has 0 bridgehead atoms. The monoisotopic (exact) mass is 348 g/mol. The molecule has 0 aliphatic carbocycles. The zero-order valence-corrected chi connectivity index (χ0v) is 14.4. The predicted octanol–water partition coefficient (Wildman–Crippen LogP) is 3.09. The molecular formula is C20H20N4O2.